The minimum atomic E-state index is -2.33. The molecule has 5 heteroatoms. The molecule has 0 aliphatic heterocycles. The van der Waals surface area contributed by atoms with Crippen molar-refractivity contribution in [1.29, 1.82) is 0 Å². The molecule has 0 spiro atoms. The van der Waals surface area contributed by atoms with Crippen LogP contribution in [0.15, 0.2) is 60.7 Å². The van der Waals surface area contributed by atoms with E-state index in [1.807, 2.05) is 0 Å². The standard InChI is InChI=1S/2C11H18N.CH2O3/c2*1-12(2,3)10-9-11-7-5-4-6-8-11;2-1(3)4/h2*4-8H,9-10H2,1-3H3;(H2,2,3,4)/q2*+1;/p-2. The molecule has 2 rings (SSSR count). The van der Waals surface area contributed by atoms with Crippen LogP contribution < -0.4 is 10.2 Å². The third-order valence-corrected chi connectivity index (χ3v) is 3.83. The van der Waals surface area contributed by atoms with Crippen LogP contribution >= 0.6 is 0 Å². The third kappa shape index (κ3) is 18.4. The molecule has 0 heterocycles. The molecule has 0 amide bonds. The van der Waals surface area contributed by atoms with Gasteiger partial charge in [0.25, 0.3) is 0 Å². The van der Waals surface area contributed by atoms with Crippen molar-refractivity contribution < 1.29 is 24.0 Å². The SMILES string of the molecule is C[N+](C)(C)CCc1ccccc1.C[N+](C)(C)CCc1ccccc1.O=C([O-])[O-]. The Hall–Kier alpha value is -2.37. The Morgan fingerprint density at radius 3 is 1.11 bits per heavy atom. The van der Waals surface area contributed by atoms with E-state index in [1.165, 1.54) is 37.1 Å². The fraction of sp³-hybridized carbons (Fsp3) is 0.435. The molecule has 2 aromatic carbocycles. The number of rotatable bonds is 6. The van der Waals surface area contributed by atoms with Gasteiger partial charge < -0.3 is 24.0 Å². The molecule has 0 atom stereocenters. The lowest BCUT2D eigenvalue weighted by Gasteiger charge is -2.23. The first kappa shape index (κ1) is 25.6. The quantitative estimate of drug-likeness (QED) is 0.703. The second kappa shape index (κ2) is 12.9. The highest BCUT2D eigenvalue weighted by Crippen LogP contribution is 2.03. The van der Waals surface area contributed by atoms with Crippen LogP contribution in [0.25, 0.3) is 0 Å². The first-order chi connectivity index (χ1) is 12.9. The van der Waals surface area contributed by atoms with Gasteiger partial charge in [0.1, 0.15) is 0 Å². The molecule has 156 valence electrons. The molecule has 0 saturated heterocycles. The minimum Gasteiger partial charge on any atom is -0.652 e. The Labute approximate surface area is 170 Å². The average molecular weight is 389 g/mol. The van der Waals surface area contributed by atoms with Crippen molar-refractivity contribution in [2.45, 2.75) is 12.8 Å². The van der Waals surface area contributed by atoms with Crippen LogP contribution in [0.5, 0.6) is 0 Å². The Balaban J connectivity index is 0.000000439. The van der Waals surface area contributed by atoms with Gasteiger partial charge in [-0.3, -0.25) is 0 Å². The van der Waals surface area contributed by atoms with Crippen molar-refractivity contribution in [3.05, 3.63) is 71.8 Å². The molecule has 0 aromatic heterocycles. The van der Waals surface area contributed by atoms with Crippen molar-refractivity contribution in [3.8, 4) is 0 Å². The number of likely N-dealkylation sites (N-methyl/N-ethyl adjacent to an activating group) is 2. The lowest BCUT2D eigenvalue weighted by atomic mass is 10.1. The number of carbonyl (C=O) groups excluding carboxylic acids is 1. The fourth-order valence-corrected chi connectivity index (χ4v) is 2.22. The van der Waals surface area contributed by atoms with Gasteiger partial charge >= 0.3 is 0 Å². The highest BCUT2D eigenvalue weighted by molar-refractivity contribution is 5.47. The van der Waals surface area contributed by atoms with Gasteiger partial charge in [0.05, 0.1) is 55.4 Å². The lowest BCUT2D eigenvalue weighted by Crippen LogP contribution is -2.37. The van der Waals surface area contributed by atoms with Gasteiger partial charge in [-0.2, -0.15) is 0 Å². The highest BCUT2D eigenvalue weighted by Gasteiger charge is 2.06. The van der Waals surface area contributed by atoms with Crippen LogP contribution in [0.2, 0.25) is 0 Å². The third-order valence-electron chi connectivity index (χ3n) is 3.83. The zero-order valence-electron chi connectivity index (χ0n) is 18.2. The lowest BCUT2D eigenvalue weighted by molar-refractivity contribution is -0.870. The van der Waals surface area contributed by atoms with Crippen molar-refractivity contribution in [2.24, 2.45) is 0 Å². The van der Waals surface area contributed by atoms with E-state index in [1.54, 1.807) is 0 Å². The number of benzene rings is 2. The van der Waals surface area contributed by atoms with Gasteiger partial charge in [-0.1, -0.05) is 60.7 Å². The number of carboxylic acid groups (broad SMARTS) is 2. The molecule has 0 saturated carbocycles. The smallest absolute Gasteiger partial charge is 0.0821 e. The van der Waals surface area contributed by atoms with Crippen LogP contribution in [-0.2, 0) is 12.8 Å². The maximum absolute atomic E-state index is 8.33. The Kier molecular flexibility index (Phi) is 11.8. The van der Waals surface area contributed by atoms with E-state index in [9.17, 15) is 0 Å². The zero-order valence-corrected chi connectivity index (χ0v) is 18.2. The number of quaternary nitrogens is 2. The van der Waals surface area contributed by atoms with E-state index in [-0.39, 0.29) is 0 Å². The summed E-state index contributed by atoms with van der Waals surface area (Å²) in [5.41, 5.74) is 2.87. The monoisotopic (exact) mass is 388 g/mol. The van der Waals surface area contributed by atoms with E-state index in [0.29, 0.717) is 0 Å². The van der Waals surface area contributed by atoms with Crippen molar-refractivity contribution >= 4 is 6.16 Å². The molecule has 0 N–H and O–H groups in total. The molecule has 28 heavy (non-hydrogen) atoms. The predicted molar refractivity (Wildman–Crippen MR) is 111 cm³/mol. The molecule has 0 radical (unpaired) electrons. The van der Waals surface area contributed by atoms with E-state index in [4.69, 9.17) is 15.0 Å². The van der Waals surface area contributed by atoms with E-state index < -0.39 is 6.16 Å². The van der Waals surface area contributed by atoms with Crippen LogP contribution in [0.4, 0.5) is 4.79 Å². The molecule has 0 unspecified atom stereocenters. The van der Waals surface area contributed by atoms with E-state index >= 15 is 0 Å². The number of nitrogens with zero attached hydrogens (tertiary/aromatic N) is 2. The summed E-state index contributed by atoms with van der Waals surface area (Å²) in [5.74, 6) is 0. The first-order valence-corrected chi connectivity index (χ1v) is 9.46. The van der Waals surface area contributed by atoms with Gasteiger partial charge in [-0.05, 0) is 17.3 Å². The highest BCUT2D eigenvalue weighted by atomic mass is 16.6. The minimum absolute atomic E-state index is 1.04. The summed E-state index contributed by atoms with van der Waals surface area (Å²) in [5, 5.41) is 16.7. The van der Waals surface area contributed by atoms with Crippen molar-refractivity contribution in [1.82, 2.24) is 0 Å². The summed E-state index contributed by atoms with van der Waals surface area (Å²) in [6.07, 6.45) is 0.00861. The zero-order chi connectivity index (χ0) is 21.6. The van der Waals surface area contributed by atoms with Gasteiger partial charge in [0, 0.05) is 12.8 Å². The van der Waals surface area contributed by atoms with Crippen molar-refractivity contribution in [3.63, 3.8) is 0 Å². The fourth-order valence-electron chi connectivity index (χ4n) is 2.22. The number of carbonyl (C=O) groups is 1. The summed E-state index contributed by atoms with van der Waals surface area (Å²) >= 11 is 0. The summed E-state index contributed by atoms with van der Waals surface area (Å²) in [7, 11) is 13.4. The second-order valence-electron chi connectivity index (χ2n) is 8.75. The molecule has 0 aliphatic rings. The largest absolute Gasteiger partial charge is 0.652 e. The van der Waals surface area contributed by atoms with Crippen LogP contribution in [0.1, 0.15) is 11.1 Å². The summed E-state index contributed by atoms with van der Waals surface area (Å²) < 4.78 is 2.07. The molecule has 5 nitrogen and oxygen atoms in total. The second-order valence-corrected chi connectivity index (χ2v) is 8.75. The molecule has 0 aliphatic carbocycles. The summed E-state index contributed by atoms with van der Waals surface area (Å²) in [6, 6.07) is 21.3. The van der Waals surface area contributed by atoms with Crippen LogP contribution in [0.3, 0.4) is 0 Å². The molecule has 2 aromatic rings. The molecule has 0 fully saturated rings. The maximum Gasteiger partial charge on any atom is 0.0821 e. The Morgan fingerprint density at radius 2 is 0.893 bits per heavy atom. The summed E-state index contributed by atoms with van der Waals surface area (Å²) in [6.45, 7) is 2.40. The predicted octanol–water partition coefficient (Wildman–Crippen LogP) is 1.42. The van der Waals surface area contributed by atoms with Gasteiger partial charge in [0.15, 0.2) is 0 Å². The van der Waals surface area contributed by atoms with E-state index in [2.05, 4.69) is 103 Å². The number of hydrogen-bond acceptors (Lipinski definition) is 3. The summed E-state index contributed by atoms with van der Waals surface area (Å²) in [4.78, 5) is 8.33. The molecule has 0 bridgehead atoms. The number of hydrogen-bond donors (Lipinski definition) is 0. The normalized spacial score (nSPS) is 10.8. The van der Waals surface area contributed by atoms with Gasteiger partial charge in [-0.15, -0.1) is 0 Å². The molecular weight excluding hydrogens is 352 g/mol. The van der Waals surface area contributed by atoms with Gasteiger partial charge in [0.2, 0.25) is 0 Å². The maximum atomic E-state index is 8.33. The molecular formula is C23H36N2O3. The Bertz CT molecular complexity index is 588. The topological polar surface area (TPSA) is 63.2 Å². The van der Waals surface area contributed by atoms with Crippen LogP contribution in [0, 0.1) is 0 Å². The first-order valence-electron chi connectivity index (χ1n) is 9.46. The van der Waals surface area contributed by atoms with Crippen molar-refractivity contribution in [2.75, 3.05) is 55.4 Å². The van der Waals surface area contributed by atoms with E-state index in [0.717, 1.165) is 8.97 Å². The van der Waals surface area contributed by atoms with Gasteiger partial charge in [-0.25, -0.2) is 0 Å². The van der Waals surface area contributed by atoms with Crippen LogP contribution in [-0.4, -0.2) is 70.5 Å². The Morgan fingerprint density at radius 1 is 0.643 bits per heavy atom. The average Bonchev–Trinajstić information content (AvgIpc) is 2.59.